The minimum atomic E-state index is -0.977. The van der Waals surface area contributed by atoms with E-state index in [9.17, 15) is 4.79 Å². The van der Waals surface area contributed by atoms with Crippen molar-refractivity contribution in [1.29, 1.82) is 0 Å². The van der Waals surface area contributed by atoms with Gasteiger partial charge in [0.1, 0.15) is 5.82 Å². The maximum Gasteiger partial charge on any atom is 0.356 e. The smallest absolute Gasteiger partial charge is 0.356 e. The standard InChI is InChI=1S/C13H15N3O2/c1-9-15-12(13(17)18)11(16(9)2)7-6-10-5-3-4-8-14-10/h3-5,8H,6-7H2,1-2H3,(H,17,18). The molecule has 2 aromatic heterocycles. The summed E-state index contributed by atoms with van der Waals surface area (Å²) in [5.74, 6) is -0.266. The molecule has 0 amide bonds. The van der Waals surface area contributed by atoms with Crippen LogP contribution in [-0.2, 0) is 19.9 Å². The highest BCUT2D eigenvalue weighted by Gasteiger charge is 2.17. The lowest BCUT2D eigenvalue weighted by molar-refractivity contribution is 0.0689. The lowest BCUT2D eigenvalue weighted by Gasteiger charge is -2.04. The van der Waals surface area contributed by atoms with Crippen molar-refractivity contribution in [1.82, 2.24) is 14.5 Å². The summed E-state index contributed by atoms with van der Waals surface area (Å²) < 4.78 is 1.83. The SMILES string of the molecule is Cc1nc(C(=O)O)c(CCc2ccccn2)n1C. The number of hydrogen-bond acceptors (Lipinski definition) is 3. The van der Waals surface area contributed by atoms with Gasteiger partial charge in [0.2, 0.25) is 0 Å². The van der Waals surface area contributed by atoms with Gasteiger partial charge >= 0.3 is 5.97 Å². The topological polar surface area (TPSA) is 68.0 Å². The number of imidazole rings is 1. The Balaban J connectivity index is 2.21. The van der Waals surface area contributed by atoms with Gasteiger partial charge in [-0.2, -0.15) is 0 Å². The third kappa shape index (κ3) is 2.40. The van der Waals surface area contributed by atoms with Crippen LogP contribution in [0.5, 0.6) is 0 Å². The van der Waals surface area contributed by atoms with Crippen LogP contribution < -0.4 is 0 Å². The van der Waals surface area contributed by atoms with Gasteiger partial charge < -0.3 is 9.67 Å². The number of rotatable bonds is 4. The lowest BCUT2D eigenvalue weighted by Crippen LogP contribution is -2.07. The molecule has 0 radical (unpaired) electrons. The van der Waals surface area contributed by atoms with Gasteiger partial charge in [-0.1, -0.05) is 6.07 Å². The molecule has 18 heavy (non-hydrogen) atoms. The van der Waals surface area contributed by atoms with Crippen molar-refractivity contribution in [2.45, 2.75) is 19.8 Å². The second-order valence-corrected chi connectivity index (χ2v) is 4.14. The molecule has 0 aromatic carbocycles. The summed E-state index contributed by atoms with van der Waals surface area (Å²) >= 11 is 0. The molecular formula is C13H15N3O2. The Morgan fingerprint density at radius 2 is 2.17 bits per heavy atom. The van der Waals surface area contributed by atoms with E-state index >= 15 is 0 Å². The molecule has 1 N–H and O–H groups in total. The molecule has 0 fully saturated rings. The van der Waals surface area contributed by atoms with Crippen LogP contribution in [0.15, 0.2) is 24.4 Å². The van der Waals surface area contributed by atoms with Crippen LogP contribution in [0.3, 0.4) is 0 Å². The van der Waals surface area contributed by atoms with Crippen LogP contribution in [-0.4, -0.2) is 25.6 Å². The molecule has 2 rings (SSSR count). The van der Waals surface area contributed by atoms with E-state index < -0.39 is 5.97 Å². The van der Waals surface area contributed by atoms with Crippen molar-refractivity contribution in [2.75, 3.05) is 0 Å². The van der Waals surface area contributed by atoms with E-state index in [1.54, 1.807) is 13.1 Å². The first-order chi connectivity index (χ1) is 8.59. The quantitative estimate of drug-likeness (QED) is 0.888. The Morgan fingerprint density at radius 3 is 2.78 bits per heavy atom. The van der Waals surface area contributed by atoms with Crippen molar-refractivity contribution in [3.05, 3.63) is 47.3 Å². The first-order valence-corrected chi connectivity index (χ1v) is 5.75. The average Bonchev–Trinajstić information content (AvgIpc) is 2.65. The van der Waals surface area contributed by atoms with Gasteiger partial charge in [0.25, 0.3) is 0 Å². The predicted octanol–water partition coefficient (Wildman–Crippen LogP) is 1.61. The minimum Gasteiger partial charge on any atom is -0.476 e. The van der Waals surface area contributed by atoms with Crippen molar-refractivity contribution in [3.63, 3.8) is 0 Å². The highest BCUT2D eigenvalue weighted by Crippen LogP contribution is 2.13. The lowest BCUT2D eigenvalue weighted by atomic mass is 10.1. The molecule has 5 nitrogen and oxygen atoms in total. The number of hydrogen-bond donors (Lipinski definition) is 1. The van der Waals surface area contributed by atoms with Gasteiger partial charge in [-0.25, -0.2) is 9.78 Å². The fraction of sp³-hybridized carbons (Fsp3) is 0.308. The number of carboxylic acids is 1. The van der Waals surface area contributed by atoms with E-state index in [0.717, 1.165) is 11.4 Å². The van der Waals surface area contributed by atoms with Crippen molar-refractivity contribution in [2.24, 2.45) is 7.05 Å². The summed E-state index contributed by atoms with van der Waals surface area (Å²) in [5.41, 5.74) is 1.84. The molecule has 0 aliphatic rings. The highest BCUT2D eigenvalue weighted by molar-refractivity contribution is 5.86. The van der Waals surface area contributed by atoms with Gasteiger partial charge in [0.05, 0.1) is 5.69 Å². The molecular weight excluding hydrogens is 230 g/mol. The zero-order valence-electron chi connectivity index (χ0n) is 10.4. The summed E-state index contributed by atoms with van der Waals surface area (Å²) in [4.78, 5) is 19.4. The van der Waals surface area contributed by atoms with Crippen molar-refractivity contribution in [3.8, 4) is 0 Å². The van der Waals surface area contributed by atoms with Gasteiger partial charge in [-0.15, -0.1) is 0 Å². The zero-order valence-corrected chi connectivity index (χ0v) is 10.4. The fourth-order valence-electron chi connectivity index (χ4n) is 1.91. The summed E-state index contributed by atoms with van der Waals surface area (Å²) in [6.45, 7) is 1.80. The van der Waals surface area contributed by atoms with Gasteiger partial charge in [-0.3, -0.25) is 4.98 Å². The van der Waals surface area contributed by atoms with Crippen LogP contribution in [0.25, 0.3) is 0 Å². The molecule has 2 aromatic rings. The van der Waals surface area contributed by atoms with Crippen LogP contribution in [0.4, 0.5) is 0 Å². The third-order valence-electron chi connectivity index (χ3n) is 2.98. The summed E-state index contributed by atoms with van der Waals surface area (Å²) in [6.07, 6.45) is 3.07. The van der Waals surface area contributed by atoms with Gasteiger partial charge in [0.15, 0.2) is 5.69 Å². The summed E-state index contributed by atoms with van der Waals surface area (Å²) in [5, 5.41) is 9.11. The van der Waals surface area contributed by atoms with E-state index in [4.69, 9.17) is 5.11 Å². The van der Waals surface area contributed by atoms with Crippen LogP contribution in [0.2, 0.25) is 0 Å². The van der Waals surface area contributed by atoms with Gasteiger partial charge in [0, 0.05) is 18.9 Å². The molecule has 0 saturated carbocycles. The Labute approximate surface area is 105 Å². The second-order valence-electron chi connectivity index (χ2n) is 4.14. The van der Waals surface area contributed by atoms with E-state index in [2.05, 4.69) is 9.97 Å². The molecule has 94 valence electrons. The Kier molecular flexibility index (Phi) is 3.41. The number of aromatic nitrogens is 3. The monoisotopic (exact) mass is 245 g/mol. The summed E-state index contributed by atoms with van der Waals surface area (Å²) in [7, 11) is 1.84. The molecule has 5 heteroatoms. The Hall–Kier alpha value is -2.17. The van der Waals surface area contributed by atoms with Gasteiger partial charge in [-0.05, 0) is 31.9 Å². The Morgan fingerprint density at radius 1 is 1.39 bits per heavy atom. The molecule has 2 heterocycles. The normalized spacial score (nSPS) is 10.6. The molecule has 0 bridgehead atoms. The largest absolute Gasteiger partial charge is 0.476 e. The molecule has 0 spiro atoms. The molecule has 0 saturated heterocycles. The van der Waals surface area contributed by atoms with Crippen LogP contribution in [0, 0.1) is 6.92 Å². The zero-order chi connectivity index (χ0) is 13.1. The average molecular weight is 245 g/mol. The minimum absolute atomic E-state index is 0.144. The number of carboxylic acid groups (broad SMARTS) is 1. The number of nitrogens with zero attached hydrogens (tertiary/aromatic N) is 3. The Bertz CT molecular complexity index is 561. The fourth-order valence-corrected chi connectivity index (χ4v) is 1.91. The number of pyridine rings is 1. The van der Waals surface area contributed by atoms with E-state index in [1.807, 2.05) is 29.8 Å². The number of aromatic carboxylic acids is 1. The molecule has 0 aliphatic heterocycles. The van der Waals surface area contributed by atoms with E-state index in [-0.39, 0.29) is 5.69 Å². The third-order valence-corrected chi connectivity index (χ3v) is 2.98. The number of carbonyl (C=O) groups is 1. The van der Waals surface area contributed by atoms with Crippen LogP contribution >= 0.6 is 0 Å². The molecule has 0 unspecified atom stereocenters. The second kappa shape index (κ2) is 5.00. The maximum absolute atomic E-state index is 11.1. The summed E-state index contributed by atoms with van der Waals surface area (Å²) in [6, 6.07) is 5.72. The first-order valence-electron chi connectivity index (χ1n) is 5.75. The van der Waals surface area contributed by atoms with E-state index in [0.29, 0.717) is 18.7 Å². The van der Waals surface area contributed by atoms with Crippen molar-refractivity contribution >= 4 is 5.97 Å². The number of aryl methyl sites for hydroxylation is 2. The molecule has 0 atom stereocenters. The predicted molar refractivity (Wildman–Crippen MR) is 66.5 cm³/mol. The highest BCUT2D eigenvalue weighted by atomic mass is 16.4. The first kappa shape index (κ1) is 12.3. The van der Waals surface area contributed by atoms with E-state index in [1.165, 1.54) is 0 Å². The van der Waals surface area contributed by atoms with Crippen molar-refractivity contribution < 1.29 is 9.90 Å². The molecule has 0 aliphatic carbocycles. The van der Waals surface area contributed by atoms with Crippen LogP contribution in [0.1, 0.15) is 27.7 Å². The maximum atomic E-state index is 11.1.